The lowest BCUT2D eigenvalue weighted by Crippen LogP contribution is -2.34. The Morgan fingerprint density at radius 1 is 1.12 bits per heavy atom. The molecule has 33 heavy (non-hydrogen) atoms. The molecule has 1 aromatic carbocycles. The van der Waals surface area contributed by atoms with E-state index in [1.165, 1.54) is 24.8 Å². The van der Waals surface area contributed by atoms with Crippen molar-refractivity contribution in [2.75, 3.05) is 6.61 Å². The molecule has 0 aliphatic carbocycles. The second-order valence-corrected chi connectivity index (χ2v) is 10.5. The second-order valence-electron chi connectivity index (χ2n) is 10.5. The van der Waals surface area contributed by atoms with Crippen molar-refractivity contribution in [3.05, 3.63) is 35.9 Å². The number of carboxylic acids is 1. The quantitative estimate of drug-likeness (QED) is 0.201. The Hall–Kier alpha value is -1.97. The highest BCUT2D eigenvalue weighted by molar-refractivity contribution is 5.66. The SMILES string of the molecule is CC(C)CCCC(C)CC=CC1(C)CCc2cc(OCCCCCCCC(=O)O)ccc2O1. The molecular formula is C29H46O4. The Kier molecular flexibility index (Phi) is 11.8. The molecule has 0 radical (unpaired) electrons. The highest BCUT2D eigenvalue weighted by Gasteiger charge is 2.29. The third kappa shape index (κ3) is 11.1. The van der Waals surface area contributed by atoms with Gasteiger partial charge in [0.1, 0.15) is 17.1 Å². The molecule has 2 rings (SSSR count). The normalized spacial score (nSPS) is 18.8. The highest BCUT2D eigenvalue weighted by Crippen LogP contribution is 2.36. The molecule has 4 heteroatoms. The number of rotatable bonds is 16. The van der Waals surface area contributed by atoms with Crippen LogP contribution in [0.3, 0.4) is 0 Å². The fourth-order valence-corrected chi connectivity index (χ4v) is 4.38. The van der Waals surface area contributed by atoms with Crippen molar-refractivity contribution in [3.8, 4) is 11.5 Å². The first kappa shape index (κ1) is 27.3. The zero-order chi connectivity index (χ0) is 24.1. The lowest BCUT2D eigenvalue weighted by molar-refractivity contribution is -0.137. The van der Waals surface area contributed by atoms with E-state index < -0.39 is 5.97 Å². The van der Waals surface area contributed by atoms with E-state index in [9.17, 15) is 4.79 Å². The number of fused-ring (bicyclic) bond motifs is 1. The number of hydrogen-bond donors (Lipinski definition) is 1. The van der Waals surface area contributed by atoms with Crippen LogP contribution < -0.4 is 9.47 Å². The van der Waals surface area contributed by atoms with Crippen LogP contribution in [0.1, 0.15) is 104 Å². The molecule has 0 fully saturated rings. The van der Waals surface area contributed by atoms with E-state index in [0.717, 1.165) is 74.7 Å². The largest absolute Gasteiger partial charge is 0.494 e. The van der Waals surface area contributed by atoms with Crippen LogP contribution in [-0.4, -0.2) is 23.3 Å². The lowest BCUT2D eigenvalue weighted by Gasteiger charge is -2.33. The molecular weight excluding hydrogens is 412 g/mol. The summed E-state index contributed by atoms with van der Waals surface area (Å²) in [5.41, 5.74) is 1.00. The van der Waals surface area contributed by atoms with E-state index in [2.05, 4.69) is 52.0 Å². The van der Waals surface area contributed by atoms with Crippen molar-refractivity contribution in [1.29, 1.82) is 0 Å². The van der Waals surface area contributed by atoms with Crippen LogP contribution in [0.2, 0.25) is 0 Å². The molecule has 1 aromatic rings. The first-order valence-electron chi connectivity index (χ1n) is 13.1. The summed E-state index contributed by atoms with van der Waals surface area (Å²) in [7, 11) is 0. The molecule has 0 spiro atoms. The smallest absolute Gasteiger partial charge is 0.303 e. The molecule has 4 nitrogen and oxygen atoms in total. The fourth-order valence-electron chi connectivity index (χ4n) is 4.38. The van der Waals surface area contributed by atoms with Crippen molar-refractivity contribution < 1.29 is 19.4 Å². The van der Waals surface area contributed by atoms with Gasteiger partial charge in [0.2, 0.25) is 0 Å². The summed E-state index contributed by atoms with van der Waals surface area (Å²) in [6.45, 7) is 9.85. The molecule has 1 aliphatic rings. The first-order valence-corrected chi connectivity index (χ1v) is 13.1. The summed E-state index contributed by atoms with van der Waals surface area (Å²) in [5, 5.41) is 8.66. The predicted molar refractivity (Wildman–Crippen MR) is 136 cm³/mol. The highest BCUT2D eigenvalue weighted by atomic mass is 16.5. The van der Waals surface area contributed by atoms with Crippen molar-refractivity contribution in [1.82, 2.24) is 0 Å². The number of ether oxygens (including phenoxy) is 2. The van der Waals surface area contributed by atoms with Crippen LogP contribution in [0.5, 0.6) is 11.5 Å². The van der Waals surface area contributed by atoms with Gasteiger partial charge in [0.05, 0.1) is 6.61 Å². The number of aryl methyl sites for hydroxylation is 1. The average Bonchev–Trinajstić information content (AvgIpc) is 2.75. The number of unbranched alkanes of at least 4 members (excludes halogenated alkanes) is 4. The average molecular weight is 459 g/mol. The number of aliphatic carboxylic acids is 1. The maximum absolute atomic E-state index is 10.5. The Morgan fingerprint density at radius 2 is 1.88 bits per heavy atom. The van der Waals surface area contributed by atoms with Crippen LogP contribution in [0, 0.1) is 11.8 Å². The van der Waals surface area contributed by atoms with Gasteiger partial charge in [0.15, 0.2) is 0 Å². The van der Waals surface area contributed by atoms with Crippen molar-refractivity contribution >= 4 is 5.97 Å². The Labute approximate surface area is 201 Å². The third-order valence-corrected chi connectivity index (χ3v) is 6.56. The number of carbonyl (C=O) groups is 1. The summed E-state index contributed by atoms with van der Waals surface area (Å²) < 4.78 is 12.3. The number of hydrogen-bond acceptors (Lipinski definition) is 3. The van der Waals surface area contributed by atoms with Gasteiger partial charge in [-0.3, -0.25) is 4.79 Å². The van der Waals surface area contributed by atoms with Gasteiger partial charge in [-0.05, 0) is 80.7 Å². The van der Waals surface area contributed by atoms with Gasteiger partial charge < -0.3 is 14.6 Å². The molecule has 1 aliphatic heterocycles. The molecule has 0 bridgehead atoms. The zero-order valence-electron chi connectivity index (χ0n) is 21.4. The predicted octanol–water partition coefficient (Wildman–Crippen LogP) is 7.98. The van der Waals surface area contributed by atoms with Crippen molar-refractivity contribution in [2.24, 2.45) is 11.8 Å². The van der Waals surface area contributed by atoms with E-state index in [1.54, 1.807) is 0 Å². The minimum absolute atomic E-state index is 0.229. The Bertz CT molecular complexity index is 739. The summed E-state index contributed by atoms with van der Waals surface area (Å²) in [5.74, 6) is 2.72. The molecule has 0 saturated heterocycles. The zero-order valence-corrected chi connectivity index (χ0v) is 21.4. The van der Waals surface area contributed by atoms with Crippen LogP contribution >= 0.6 is 0 Å². The molecule has 186 valence electrons. The molecule has 0 aromatic heterocycles. The Balaban J connectivity index is 1.70. The van der Waals surface area contributed by atoms with Crippen LogP contribution in [0.4, 0.5) is 0 Å². The van der Waals surface area contributed by atoms with Crippen molar-refractivity contribution in [2.45, 2.75) is 110 Å². The van der Waals surface area contributed by atoms with E-state index in [1.807, 2.05) is 6.07 Å². The maximum Gasteiger partial charge on any atom is 0.303 e. The van der Waals surface area contributed by atoms with Gasteiger partial charge in [-0.25, -0.2) is 0 Å². The molecule has 1 heterocycles. The molecule has 2 unspecified atom stereocenters. The van der Waals surface area contributed by atoms with E-state index in [-0.39, 0.29) is 12.0 Å². The fraction of sp³-hybridized carbons (Fsp3) is 0.690. The molecule has 2 atom stereocenters. The van der Waals surface area contributed by atoms with Crippen LogP contribution in [0.15, 0.2) is 30.4 Å². The van der Waals surface area contributed by atoms with E-state index in [4.69, 9.17) is 14.6 Å². The van der Waals surface area contributed by atoms with Gasteiger partial charge in [-0.15, -0.1) is 0 Å². The standard InChI is InChI=1S/C29H46O4/c1-23(2)12-10-13-24(3)14-11-19-29(4)20-18-25-22-26(16-17-27(25)33-29)32-21-9-7-5-6-8-15-28(30)31/h11,16-17,19,22-24H,5-10,12-15,18,20-21H2,1-4H3,(H,30,31). The van der Waals surface area contributed by atoms with Gasteiger partial charge >= 0.3 is 5.97 Å². The van der Waals surface area contributed by atoms with Crippen LogP contribution in [-0.2, 0) is 11.2 Å². The van der Waals surface area contributed by atoms with E-state index in [0.29, 0.717) is 6.61 Å². The minimum Gasteiger partial charge on any atom is -0.494 e. The van der Waals surface area contributed by atoms with E-state index >= 15 is 0 Å². The lowest BCUT2D eigenvalue weighted by atomic mass is 9.91. The Morgan fingerprint density at radius 3 is 2.64 bits per heavy atom. The number of benzene rings is 1. The molecule has 1 N–H and O–H groups in total. The molecule has 0 saturated carbocycles. The second kappa shape index (κ2) is 14.3. The monoisotopic (exact) mass is 458 g/mol. The minimum atomic E-state index is -0.701. The van der Waals surface area contributed by atoms with Gasteiger partial charge in [-0.2, -0.15) is 0 Å². The van der Waals surface area contributed by atoms with Crippen molar-refractivity contribution in [3.63, 3.8) is 0 Å². The first-order chi connectivity index (χ1) is 15.8. The van der Waals surface area contributed by atoms with Gasteiger partial charge in [-0.1, -0.05) is 65.4 Å². The topological polar surface area (TPSA) is 55.8 Å². The third-order valence-electron chi connectivity index (χ3n) is 6.56. The van der Waals surface area contributed by atoms with Gasteiger partial charge in [0, 0.05) is 6.42 Å². The summed E-state index contributed by atoms with van der Waals surface area (Å²) in [4.78, 5) is 10.5. The number of allylic oxidation sites excluding steroid dienone is 1. The molecule has 0 amide bonds. The summed E-state index contributed by atoms with van der Waals surface area (Å²) >= 11 is 0. The summed E-state index contributed by atoms with van der Waals surface area (Å²) in [6.07, 6.45) is 16.8. The van der Waals surface area contributed by atoms with Crippen LogP contribution in [0.25, 0.3) is 0 Å². The van der Waals surface area contributed by atoms with Gasteiger partial charge in [0.25, 0.3) is 0 Å². The number of carboxylic acid groups (broad SMARTS) is 1. The maximum atomic E-state index is 10.5. The summed E-state index contributed by atoms with van der Waals surface area (Å²) in [6, 6.07) is 6.19.